The topological polar surface area (TPSA) is 18.5 Å². The van der Waals surface area contributed by atoms with Gasteiger partial charge in [0.1, 0.15) is 11.5 Å². The fourth-order valence-electron chi connectivity index (χ4n) is 0.881. The van der Waals surface area contributed by atoms with E-state index in [0.29, 0.717) is 0 Å². The largest absolute Gasteiger partial charge is 1.00 e. The molecule has 0 saturated heterocycles. The van der Waals surface area contributed by atoms with Crippen LogP contribution >= 0.6 is 9.69 Å². The molecule has 0 spiro atoms. The minimum atomic E-state index is 0. The Morgan fingerprint density at radius 1 is 1.13 bits per heavy atom. The number of hydrogen-bond acceptors (Lipinski definition) is 2. The Balaban J connectivity index is -0.000000339. The van der Waals surface area contributed by atoms with E-state index in [2.05, 4.69) is 6.92 Å². The predicted octanol–water partition coefficient (Wildman–Crippen LogP) is -3.42. The first kappa shape index (κ1) is 20.8. The third-order valence-electron chi connectivity index (χ3n) is 1.45. The zero-order valence-electron chi connectivity index (χ0n) is 9.22. The van der Waals surface area contributed by atoms with Crippen LogP contribution in [0, 0.1) is 6.92 Å². The number of benzene rings is 1. The smallest absolute Gasteiger partial charge is 1.00 e. The van der Waals surface area contributed by atoms with Gasteiger partial charge in [0.15, 0.2) is 0 Å². The average molecular weight is 294 g/mol. The van der Waals surface area contributed by atoms with Crippen molar-refractivity contribution in [3.63, 3.8) is 0 Å². The van der Waals surface area contributed by atoms with Gasteiger partial charge in [-0.2, -0.15) is 18.6 Å². The van der Waals surface area contributed by atoms with Gasteiger partial charge in [0.25, 0.3) is 0 Å². The van der Waals surface area contributed by atoms with E-state index in [9.17, 15) is 0 Å². The zero-order valence-corrected chi connectivity index (χ0v) is 13.7. The van der Waals surface area contributed by atoms with Crippen LogP contribution in [-0.2, 0) is 17.3 Å². The van der Waals surface area contributed by atoms with Crippen molar-refractivity contribution in [2.75, 3.05) is 14.2 Å². The molecule has 76 valence electrons. The van der Waals surface area contributed by atoms with E-state index in [1.165, 1.54) is 0 Å². The number of halogens is 2. The van der Waals surface area contributed by atoms with Crippen LogP contribution in [0.4, 0.5) is 0 Å². The fraction of sp³-hybridized carbons (Fsp3) is 0.222. The summed E-state index contributed by atoms with van der Waals surface area (Å²) in [6, 6.07) is 5.54. The minimum Gasteiger partial charge on any atom is 1.00 e. The molecule has 6 heteroatoms. The van der Waals surface area contributed by atoms with Crippen molar-refractivity contribution in [1.29, 1.82) is 0 Å². The Labute approximate surface area is 123 Å². The molecule has 0 aliphatic heterocycles. The second-order valence-corrected chi connectivity index (χ2v) is 2.19. The Kier molecular flexibility index (Phi) is 17.5. The predicted molar refractivity (Wildman–Crippen MR) is 49.9 cm³/mol. The molecule has 1 aromatic carbocycles. The number of ether oxygens (including phenoxy) is 2. The molecule has 0 fully saturated rings. The quantitative estimate of drug-likeness (QED) is 0.418. The van der Waals surface area contributed by atoms with Crippen molar-refractivity contribution in [3.8, 4) is 11.5 Å². The number of hydrogen-bond donors (Lipinski definition) is 0. The molecule has 0 aliphatic rings. The summed E-state index contributed by atoms with van der Waals surface area (Å²) in [6.07, 6.45) is 0. The first-order valence-corrected chi connectivity index (χ1v) is 7.48. The Morgan fingerprint density at radius 3 is 2.00 bits per heavy atom. The molecule has 0 bridgehead atoms. The molecule has 0 atom stereocenters. The van der Waals surface area contributed by atoms with Crippen molar-refractivity contribution >= 4 is 9.69 Å². The summed E-state index contributed by atoms with van der Waals surface area (Å²) in [5.41, 5.74) is 0.919. The van der Waals surface area contributed by atoms with Gasteiger partial charge in [0, 0.05) is 0 Å². The van der Waals surface area contributed by atoms with Crippen molar-refractivity contribution in [2.24, 2.45) is 0 Å². The molecule has 2 nitrogen and oxygen atoms in total. The maximum atomic E-state index is 5.05. The maximum absolute atomic E-state index is 5.05. The van der Waals surface area contributed by atoms with Crippen molar-refractivity contribution in [1.82, 2.24) is 0 Å². The van der Waals surface area contributed by atoms with Gasteiger partial charge in [-0.05, 0) is 0 Å². The van der Waals surface area contributed by atoms with Crippen LogP contribution in [-0.4, -0.2) is 14.2 Å². The third-order valence-corrected chi connectivity index (χ3v) is 1.45. The monoisotopic (exact) mass is 292 g/mol. The molecule has 15 heavy (non-hydrogen) atoms. The van der Waals surface area contributed by atoms with Crippen LogP contribution in [0.5, 0.6) is 11.5 Å². The van der Waals surface area contributed by atoms with Gasteiger partial charge >= 0.3 is 45.9 Å². The summed E-state index contributed by atoms with van der Waals surface area (Å²) in [5.74, 6) is 1.46. The molecule has 1 aromatic rings. The zero-order chi connectivity index (χ0) is 10.3. The van der Waals surface area contributed by atoms with Crippen LogP contribution in [0.1, 0.15) is 5.56 Å². The van der Waals surface area contributed by atoms with Crippen LogP contribution in [0.25, 0.3) is 0 Å². The van der Waals surface area contributed by atoms with Gasteiger partial charge in [-0.25, -0.2) is 0 Å². The van der Waals surface area contributed by atoms with Crippen LogP contribution < -0.4 is 40.7 Å². The van der Waals surface area contributed by atoms with Crippen molar-refractivity contribution < 1.29 is 58.1 Å². The van der Waals surface area contributed by atoms with E-state index in [4.69, 9.17) is 19.2 Å². The van der Waals surface area contributed by atoms with Gasteiger partial charge in [0.05, 0.1) is 14.2 Å². The third kappa shape index (κ3) is 7.39. The second kappa shape index (κ2) is 12.6. The molecule has 0 amide bonds. The van der Waals surface area contributed by atoms with Crippen LogP contribution in [0.15, 0.2) is 18.2 Å². The van der Waals surface area contributed by atoms with Crippen molar-refractivity contribution in [3.05, 3.63) is 30.7 Å². The summed E-state index contributed by atoms with van der Waals surface area (Å²) in [7, 11) is 7.98. The normalized spacial score (nSPS) is 7.27. The van der Waals surface area contributed by atoms with E-state index in [-0.39, 0.29) is 31.3 Å². The molecule has 0 heterocycles. The summed E-state index contributed by atoms with van der Waals surface area (Å²) < 4.78 is 10.1. The first-order valence-electron chi connectivity index (χ1n) is 3.58. The molecule has 0 saturated carbocycles. The fourth-order valence-corrected chi connectivity index (χ4v) is 0.881. The molecule has 0 aromatic heterocycles. The standard InChI is InChI=1S/C9H11O2.2ClH.Li.Zn/c1-7-4-5-8(10-2)9(6-7)11-3;;;;/h4-6H,1H2,2-3H3;2*1H;;/q-1;;;+1;+2/p-2. The Hall–Kier alpha value is 0.491. The van der Waals surface area contributed by atoms with Gasteiger partial charge in [0.2, 0.25) is 0 Å². The number of methoxy groups -OCH3 is 2. The van der Waals surface area contributed by atoms with E-state index in [1.54, 1.807) is 14.2 Å². The molecular weight excluding hydrogens is 283 g/mol. The van der Waals surface area contributed by atoms with E-state index < -0.39 is 0 Å². The van der Waals surface area contributed by atoms with Crippen LogP contribution in [0.2, 0.25) is 0 Å². The van der Waals surface area contributed by atoms with E-state index >= 15 is 0 Å². The second-order valence-electron chi connectivity index (χ2n) is 2.19. The van der Waals surface area contributed by atoms with Crippen molar-refractivity contribution in [2.45, 2.75) is 0 Å². The van der Waals surface area contributed by atoms with E-state index in [0.717, 1.165) is 34.4 Å². The average Bonchev–Trinajstić information content (AvgIpc) is 2.20. The van der Waals surface area contributed by atoms with Gasteiger partial charge in [-0.3, -0.25) is 0 Å². The Bertz CT molecular complexity index is 262. The molecule has 0 radical (unpaired) electrons. The molecule has 0 aliphatic carbocycles. The Morgan fingerprint density at radius 2 is 1.60 bits per heavy atom. The molecular formula is C9H11Cl2LiO2Zn. The summed E-state index contributed by atoms with van der Waals surface area (Å²) in [4.78, 5) is 0. The minimum absolute atomic E-state index is 0. The van der Waals surface area contributed by atoms with Gasteiger partial charge < -0.3 is 21.9 Å². The molecule has 0 unspecified atom stereocenters. The SMILES string of the molecule is [CH2-]c1ccc(OC)c(OC)c1.[Cl-].[Cl][Zn+].[Li+]. The van der Waals surface area contributed by atoms with Crippen LogP contribution in [0.3, 0.4) is 0 Å². The van der Waals surface area contributed by atoms with Gasteiger partial charge in [-0.1, -0.05) is 6.07 Å². The summed E-state index contributed by atoms with van der Waals surface area (Å²) >= 11 is 0.847. The maximum Gasteiger partial charge on any atom is 1.00 e. The molecule has 0 N–H and O–H groups in total. The summed E-state index contributed by atoms with van der Waals surface area (Å²) in [6.45, 7) is 3.77. The first-order chi connectivity index (χ1) is 6.27. The van der Waals surface area contributed by atoms with Gasteiger partial charge in [-0.15, -0.1) is 6.07 Å². The number of rotatable bonds is 2. The summed E-state index contributed by atoms with van der Waals surface area (Å²) in [5, 5.41) is 0. The van der Waals surface area contributed by atoms with E-state index in [1.807, 2.05) is 18.2 Å². The molecule has 1 rings (SSSR count).